The van der Waals surface area contributed by atoms with Crippen molar-refractivity contribution in [2.75, 3.05) is 19.7 Å². The van der Waals surface area contributed by atoms with E-state index < -0.39 is 0 Å². The molecule has 0 aliphatic carbocycles. The maximum Gasteiger partial charge on any atom is 0.118 e. The van der Waals surface area contributed by atoms with E-state index in [0.29, 0.717) is 19.6 Å². The zero-order chi connectivity index (χ0) is 11.1. The summed E-state index contributed by atoms with van der Waals surface area (Å²) in [6.45, 7) is 6.25. The molecule has 0 spiro atoms. The van der Waals surface area contributed by atoms with Gasteiger partial charge in [-0.3, -0.25) is 4.90 Å². The third kappa shape index (κ3) is 3.87. The lowest BCUT2D eigenvalue weighted by Gasteiger charge is -2.17. The fourth-order valence-corrected chi connectivity index (χ4v) is 1.40. The van der Waals surface area contributed by atoms with Crippen molar-refractivity contribution < 1.29 is 9.52 Å². The van der Waals surface area contributed by atoms with Gasteiger partial charge >= 0.3 is 0 Å². The van der Waals surface area contributed by atoms with Gasteiger partial charge in [-0.15, -0.1) is 6.58 Å². The Balaban J connectivity index is 2.52. The average Bonchev–Trinajstić information content (AvgIpc) is 2.66. The zero-order valence-corrected chi connectivity index (χ0v) is 8.85. The number of nitrogens with two attached hydrogens (primary N) is 1. The van der Waals surface area contributed by atoms with Gasteiger partial charge in [-0.05, 0) is 12.1 Å². The summed E-state index contributed by atoms with van der Waals surface area (Å²) < 4.78 is 5.47. The topological polar surface area (TPSA) is 62.6 Å². The normalized spacial score (nSPS) is 10.9. The SMILES string of the molecule is C=CCN(CCO)Cc1ccc(CN)o1. The van der Waals surface area contributed by atoms with Crippen molar-refractivity contribution in [1.29, 1.82) is 0 Å². The van der Waals surface area contributed by atoms with Crippen molar-refractivity contribution in [2.24, 2.45) is 5.73 Å². The van der Waals surface area contributed by atoms with Crippen LogP contribution in [0.3, 0.4) is 0 Å². The van der Waals surface area contributed by atoms with Gasteiger partial charge in [-0.2, -0.15) is 0 Å². The van der Waals surface area contributed by atoms with E-state index >= 15 is 0 Å². The molecular formula is C11H18N2O2. The van der Waals surface area contributed by atoms with Gasteiger partial charge in [0.1, 0.15) is 11.5 Å². The van der Waals surface area contributed by atoms with Crippen molar-refractivity contribution in [3.05, 3.63) is 36.3 Å². The predicted octanol–water partition coefficient (Wildman–Crippen LogP) is 0.719. The molecule has 0 fully saturated rings. The zero-order valence-electron chi connectivity index (χ0n) is 8.85. The molecule has 0 aromatic carbocycles. The number of furan rings is 1. The molecule has 0 amide bonds. The van der Waals surface area contributed by atoms with Crippen LogP contribution in [-0.2, 0) is 13.1 Å². The maximum atomic E-state index is 8.87. The first kappa shape index (κ1) is 12.0. The standard InChI is InChI=1S/C11H18N2O2/c1-2-5-13(6-7-14)9-11-4-3-10(8-12)15-11/h2-4,14H,1,5-9,12H2. The lowest BCUT2D eigenvalue weighted by molar-refractivity contribution is 0.193. The summed E-state index contributed by atoms with van der Waals surface area (Å²) in [6, 6.07) is 3.79. The van der Waals surface area contributed by atoms with Crippen LogP contribution in [0, 0.1) is 0 Å². The fourth-order valence-electron chi connectivity index (χ4n) is 1.40. The number of hydrogen-bond donors (Lipinski definition) is 2. The number of aliphatic hydroxyl groups excluding tert-OH is 1. The minimum atomic E-state index is 0.137. The van der Waals surface area contributed by atoms with Crippen LogP contribution in [0.1, 0.15) is 11.5 Å². The van der Waals surface area contributed by atoms with Gasteiger partial charge in [0, 0.05) is 13.1 Å². The largest absolute Gasteiger partial charge is 0.463 e. The molecule has 1 heterocycles. The van der Waals surface area contributed by atoms with Gasteiger partial charge in [0.15, 0.2) is 0 Å². The van der Waals surface area contributed by atoms with Crippen molar-refractivity contribution in [3.8, 4) is 0 Å². The highest BCUT2D eigenvalue weighted by Gasteiger charge is 2.06. The second-order valence-electron chi connectivity index (χ2n) is 3.32. The van der Waals surface area contributed by atoms with E-state index in [4.69, 9.17) is 15.3 Å². The number of rotatable bonds is 7. The van der Waals surface area contributed by atoms with Crippen LogP contribution in [0.25, 0.3) is 0 Å². The van der Waals surface area contributed by atoms with Crippen molar-refractivity contribution >= 4 is 0 Å². The molecule has 1 aromatic heterocycles. The first-order valence-corrected chi connectivity index (χ1v) is 5.02. The molecule has 3 N–H and O–H groups in total. The highest BCUT2D eigenvalue weighted by Crippen LogP contribution is 2.09. The highest BCUT2D eigenvalue weighted by atomic mass is 16.3. The summed E-state index contributed by atoms with van der Waals surface area (Å²) >= 11 is 0. The quantitative estimate of drug-likeness (QED) is 0.651. The summed E-state index contributed by atoms with van der Waals surface area (Å²) in [7, 11) is 0. The Morgan fingerprint density at radius 1 is 1.47 bits per heavy atom. The summed E-state index contributed by atoms with van der Waals surface area (Å²) in [6.07, 6.45) is 1.81. The minimum Gasteiger partial charge on any atom is -0.463 e. The molecule has 4 nitrogen and oxygen atoms in total. The smallest absolute Gasteiger partial charge is 0.118 e. The van der Waals surface area contributed by atoms with Gasteiger partial charge in [0.25, 0.3) is 0 Å². The van der Waals surface area contributed by atoms with Crippen LogP contribution < -0.4 is 5.73 Å². The number of aliphatic hydroxyl groups is 1. The Morgan fingerprint density at radius 3 is 2.73 bits per heavy atom. The van der Waals surface area contributed by atoms with E-state index in [9.17, 15) is 0 Å². The molecule has 0 saturated heterocycles. The second-order valence-corrected chi connectivity index (χ2v) is 3.32. The van der Waals surface area contributed by atoms with Gasteiger partial charge < -0.3 is 15.3 Å². The first-order valence-electron chi connectivity index (χ1n) is 5.02. The second kappa shape index (κ2) is 6.40. The highest BCUT2D eigenvalue weighted by molar-refractivity contribution is 5.06. The number of nitrogens with zero attached hydrogens (tertiary/aromatic N) is 1. The van der Waals surface area contributed by atoms with Gasteiger partial charge in [-0.25, -0.2) is 0 Å². The molecule has 0 radical (unpaired) electrons. The molecule has 0 saturated carbocycles. The molecular weight excluding hydrogens is 192 g/mol. The molecule has 0 atom stereocenters. The lowest BCUT2D eigenvalue weighted by atomic mass is 10.3. The molecule has 0 bridgehead atoms. The van der Waals surface area contributed by atoms with E-state index in [0.717, 1.165) is 18.1 Å². The predicted molar refractivity (Wildman–Crippen MR) is 59.2 cm³/mol. The molecule has 84 valence electrons. The summed E-state index contributed by atoms with van der Waals surface area (Å²) in [5.74, 6) is 1.65. The third-order valence-corrected chi connectivity index (χ3v) is 2.10. The monoisotopic (exact) mass is 210 g/mol. The average molecular weight is 210 g/mol. The first-order chi connectivity index (χ1) is 7.30. The van der Waals surface area contributed by atoms with E-state index in [1.165, 1.54) is 0 Å². The lowest BCUT2D eigenvalue weighted by Crippen LogP contribution is -2.26. The molecule has 1 rings (SSSR count). The molecule has 1 aromatic rings. The minimum absolute atomic E-state index is 0.137. The maximum absolute atomic E-state index is 8.87. The Hall–Kier alpha value is -1.10. The molecule has 0 unspecified atom stereocenters. The van der Waals surface area contributed by atoms with Gasteiger partial charge in [0.2, 0.25) is 0 Å². The van der Waals surface area contributed by atoms with Crippen LogP contribution in [0.5, 0.6) is 0 Å². The third-order valence-electron chi connectivity index (χ3n) is 2.10. The number of hydrogen-bond acceptors (Lipinski definition) is 4. The van der Waals surface area contributed by atoms with Gasteiger partial charge in [-0.1, -0.05) is 6.08 Å². The molecule has 15 heavy (non-hydrogen) atoms. The Morgan fingerprint density at radius 2 is 2.20 bits per heavy atom. The van der Waals surface area contributed by atoms with E-state index in [1.807, 2.05) is 23.1 Å². The van der Waals surface area contributed by atoms with Gasteiger partial charge in [0.05, 0.1) is 19.7 Å². The van der Waals surface area contributed by atoms with Crippen molar-refractivity contribution in [1.82, 2.24) is 4.90 Å². The van der Waals surface area contributed by atoms with Crippen LogP contribution in [0.2, 0.25) is 0 Å². The Bertz CT molecular complexity index is 297. The van der Waals surface area contributed by atoms with Crippen molar-refractivity contribution in [2.45, 2.75) is 13.1 Å². The van der Waals surface area contributed by atoms with Crippen molar-refractivity contribution in [3.63, 3.8) is 0 Å². The Kier molecular flexibility index (Phi) is 5.10. The van der Waals surface area contributed by atoms with E-state index in [-0.39, 0.29) is 6.61 Å². The van der Waals surface area contributed by atoms with E-state index in [2.05, 4.69) is 6.58 Å². The van der Waals surface area contributed by atoms with Crippen LogP contribution in [-0.4, -0.2) is 29.7 Å². The summed E-state index contributed by atoms with van der Waals surface area (Å²) in [4.78, 5) is 2.05. The Labute approximate surface area is 90.0 Å². The fraction of sp³-hybridized carbons (Fsp3) is 0.455. The van der Waals surface area contributed by atoms with Crippen LogP contribution >= 0.6 is 0 Å². The molecule has 4 heteroatoms. The molecule has 0 aliphatic rings. The van der Waals surface area contributed by atoms with E-state index in [1.54, 1.807) is 0 Å². The van der Waals surface area contributed by atoms with Crippen LogP contribution in [0.15, 0.2) is 29.2 Å². The summed E-state index contributed by atoms with van der Waals surface area (Å²) in [5, 5.41) is 8.87. The van der Waals surface area contributed by atoms with Crippen LogP contribution in [0.4, 0.5) is 0 Å². The summed E-state index contributed by atoms with van der Waals surface area (Å²) in [5.41, 5.74) is 5.45. The molecule has 0 aliphatic heterocycles.